The number of hydrogen-bond acceptors (Lipinski definition) is 4. The van der Waals surface area contributed by atoms with Gasteiger partial charge in [-0.1, -0.05) is 0 Å². The first kappa shape index (κ1) is 13.5. The zero-order valence-electron chi connectivity index (χ0n) is 10.5. The zero-order valence-corrected chi connectivity index (χ0v) is 10.5. The van der Waals surface area contributed by atoms with Gasteiger partial charge in [0.05, 0.1) is 6.33 Å². The largest absolute Gasteiger partial charge is 0.480 e. The lowest BCUT2D eigenvalue weighted by atomic mass is 10.1. The Morgan fingerprint density at radius 2 is 2.42 bits per heavy atom. The molecule has 0 spiro atoms. The van der Waals surface area contributed by atoms with Crippen molar-refractivity contribution < 1.29 is 19.4 Å². The van der Waals surface area contributed by atoms with E-state index in [1.165, 1.54) is 6.33 Å². The molecule has 0 bridgehead atoms. The molecule has 7 heteroatoms. The Bertz CT molecular complexity index is 426. The number of aromatic amines is 1. The van der Waals surface area contributed by atoms with E-state index in [-0.39, 0.29) is 12.3 Å². The molecule has 104 valence electrons. The van der Waals surface area contributed by atoms with Crippen LogP contribution in [-0.2, 0) is 20.7 Å². The topological polar surface area (TPSA) is 104 Å². The molecule has 0 aliphatic carbocycles. The maximum absolute atomic E-state index is 11.9. The number of carboxylic acid groups (broad SMARTS) is 1. The van der Waals surface area contributed by atoms with E-state index in [0.717, 1.165) is 12.8 Å². The highest BCUT2D eigenvalue weighted by Gasteiger charge is 2.27. The van der Waals surface area contributed by atoms with Crippen molar-refractivity contribution in [2.75, 3.05) is 6.61 Å². The number of rotatable bonds is 5. The molecule has 0 saturated carbocycles. The van der Waals surface area contributed by atoms with Gasteiger partial charge >= 0.3 is 5.97 Å². The van der Waals surface area contributed by atoms with Gasteiger partial charge in [0.2, 0.25) is 5.91 Å². The number of imidazole rings is 1. The second-order valence-corrected chi connectivity index (χ2v) is 4.54. The van der Waals surface area contributed by atoms with Crippen LogP contribution in [0, 0.1) is 0 Å². The SMILES string of the molecule is O=C(O)C(Cc1cnc[nH]1)NC(=O)C1CCCCO1. The molecule has 1 amide bonds. The monoisotopic (exact) mass is 267 g/mol. The van der Waals surface area contributed by atoms with Gasteiger partial charge in [0.1, 0.15) is 12.1 Å². The summed E-state index contributed by atoms with van der Waals surface area (Å²) in [5.74, 6) is -1.43. The molecule has 2 unspecified atom stereocenters. The van der Waals surface area contributed by atoms with E-state index in [4.69, 9.17) is 9.84 Å². The van der Waals surface area contributed by atoms with Crippen LogP contribution in [0.15, 0.2) is 12.5 Å². The average Bonchev–Trinajstić information content (AvgIpc) is 2.91. The number of aliphatic carboxylic acids is 1. The standard InChI is InChI=1S/C12H17N3O4/c16-11(10-3-1-2-4-19-10)15-9(12(17)18)5-8-6-13-7-14-8/h6-7,9-10H,1-5H2,(H,13,14)(H,15,16)(H,17,18). The highest BCUT2D eigenvalue weighted by Crippen LogP contribution is 2.13. The molecule has 1 aliphatic rings. The van der Waals surface area contributed by atoms with Crippen LogP contribution < -0.4 is 5.32 Å². The highest BCUT2D eigenvalue weighted by molar-refractivity contribution is 5.86. The fourth-order valence-corrected chi connectivity index (χ4v) is 2.03. The van der Waals surface area contributed by atoms with Crippen LogP contribution in [0.1, 0.15) is 25.0 Å². The third kappa shape index (κ3) is 3.78. The molecular weight excluding hydrogens is 250 g/mol. The molecule has 1 aromatic rings. The predicted octanol–water partition coefficient (Wildman–Crippen LogP) is 0.0907. The van der Waals surface area contributed by atoms with E-state index in [1.807, 2.05) is 0 Å². The summed E-state index contributed by atoms with van der Waals surface area (Å²) in [5.41, 5.74) is 0.664. The van der Waals surface area contributed by atoms with E-state index in [0.29, 0.717) is 18.7 Å². The molecule has 3 N–H and O–H groups in total. The second-order valence-electron chi connectivity index (χ2n) is 4.54. The summed E-state index contributed by atoms with van der Waals surface area (Å²) in [6, 6.07) is -0.974. The molecule has 2 heterocycles. The predicted molar refractivity (Wildman–Crippen MR) is 65.4 cm³/mol. The van der Waals surface area contributed by atoms with Crippen molar-refractivity contribution in [2.24, 2.45) is 0 Å². The minimum Gasteiger partial charge on any atom is -0.480 e. The number of amides is 1. The highest BCUT2D eigenvalue weighted by atomic mass is 16.5. The van der Waals surface area contributed by atoms with Crippen molar-refractivity contribution in [3.05, 3.63) is 18.2 Å². The van der Waals surface area contributed by atoms with Crippen molar-refractivity contribution in [3.8, 4) is 0 Å². The van der Waals surface area contributed by atoms with Gasteiger partial charge in [-0.25, -0.2) is 9.78 Å². The van der Waals surface area contributed by atoms with E-state index < -0.39 is 18.1 Å². The van der Waals surface area contributed by atoms with Crippen LogP contribution >= 0.6 is 0 Å². The van der Waals surface area contributed by atoms with Crippen molar-refractivity contribution in [2.45, 2.75) is 37.8 Å². The van der Waals surface area contributed by atoms with E-state index in [2.05, 4.69) is 15.3 Å². The van der Waals surface area contributed by atoms with E-state index >= 15 is 0 Å². The third-order valence-corrected chi connectivity index (χ3v) is 3.07. The van der Waals surface area contributed by atoms with Crippen LogP contribution in [0.25, 0.3) is 0 Å². The minimum absolute atomic E-state index is 0.174. The van der Waals surface area contributed by atoms with Crippen LogP contribution in [0.2, 0.25) is 0 Å². The summed E-state index contributed by atoms with van der Waals surface area (Å²) in [7, 11) is 0. The normalized spacial score (nSPS) is 20.7. The molecule has 1 aliphatic heterocycles. The van der Waals surface area contributed by atoms with E-state index in [9.17, 15) is 9.59 Å². The Kier molecular flexibility index (Phi) is 4.51. The minimum atomic E-state index is -1.07. The quantitative estimate of drug-likeness (QED) is 0.701. The van der Waals surface area contributed by atoms with Gasteiger partial charge in [0.25, 0.3) is 0 Å². The Hall–Kier alpha value is -1.89. The van der Waals surface area contributed by atoms with Gasteiger partial charge in [0, 0.05) is 24.9 Å². The molecule has 1 saturated heterocycles. The molecular formula is C12H17N3O4. The maximum atomic E-state index is 11.9. The fourth-order valence-electron chi connectivity index (χ4n) is 2.03. The Morgan fingerprint density at radius 1 is 1.58 bits per heavy atom. The molecule has 7 nitrogen and oxygen atoms in total. The Balaban J connectivity index is 1.92. The number of carbonyl (C=O) groups excluding carboxylic acids is 1. The maximum Gasteiger partial charge on any atom is 0.326 e. The first-order valence-corrected chi connectivity index (χ1v) is 6.29. The lowest BCUT2D eigenvalue weighted by Crippen LogP contribution is -2.48. The van der Waals surface area contributed by atoms with Crippen LogP contribution in [0.3, 0.4) is 0 Å². The van der Waals surface area contributed by atoms with Gasteiger partial charge in [-0.3, -0.25) is 4.79 Å². The number of aromatic nitrogens is 2. The smallest absolute Gasteiger partial charge is 0.326 e. The summed E-state index contributed by atoms with van der Waals surface area (Å²) < 4.78 is 5.33. The van der Waals surface area contributed by atoms with E-state index in [1.54, 1.807) is 6.20 Å². The van der Waals surface area contributed by atoms with Crippen LogP contribution in [0.4, 0.5) is 0 Å². The Morgan fingerprint density at radius 3 is 3.00 bits per heavy atom. The lowest BCUT2D eigenvalue weighted by molar-refractivity contribution is -0.145. The summed E-state index contributed by atoms with van der Waals surface area (Å²) in [6.45, 7) is 0.552. The van der Waals surface area contributed by atoms with Crippen LogP contribution in [0.5, 0.6) is 0 Å². The summed E-state index contributed by atoms with van der Waals surface area (Å²) in [6.07, 6.45) is 5.17. The second kappa shape index (κ2) is 6.33. The first-order valence-electron chi connectivity index (χ1n) is 6.29. The van der Waals surface area contributed by atoms with Gasteiger partial charge in [-0.15, -0.1) is 0 Å². The zero-order chi connectivity index (χ0) is 13.7. The molecule has 19 heavy (non-hydrogen) atoms. The molecule has 1 aromatic heterocycles. The molecule has 0 radical (unpaired) electrons. The fraction of sp³-hybridized carbons (Fsp3) is 0.583. The number of carbonyl (C=O) groups is 2. The van der Waals surface area contributed by atoms with Crippen molar-refractivity contribution >= 4 is 11.9 Å². The molecule has 2 rings (SSSR count). The summed E-state index contributed by atoms with van der Waals surface area (Å²) in [5, 5.41) is 11.6. The van der Waals surface area contributed by atoms with Gasteiger partial charge in [-0.05, 0) is 19.3 Å². The number of nitrogens with zero attached hydrogens (tertiary/aromatic N) is 1. The lowest BCUT2D eigenvalue weighted by Gasteiger charge is -2.23. The van der Waals surface area contributed by atoms with Crippen LogP contribution in [-0.4, -0.2) is 45.7 Å². The third-order valence-electron chi connectivity index (χ3n) is 3.07. The van der Waals surface area contributed by atoms with Crippen molar-refractivity contribution in [3.63, 3.8) is 0 Å². The number of H-pyrrole nitrogens is 1. The number of carboxylic acids is 1. The molecule has 1 fully saturated rings. The van der Waals surface area contributed by atoms with Crippen molar-refractivity contribution in [1.82, 2.24) is 15.3 Å². The van der Waals surface area contributed by atoms with Gasteiger partial charge in [0.15, 0.2) is 0 Å². The number of ether oxygens (including phenoxy) is 1. The first-order chi connectivity index (χ1) is 9.16. The number of nitrogens with one attached hydrogen (secondary N) is 2. The van der Waals surface area contributed by atoms with Gasteiger partial charge < -0.3 is 20.1 Å². The molecule has 0 aromatic carbocycles. The average molecular weight is 267 g/mol. The number of hydrogen-bond donors (Lipinski definition) is 3. The summed E-state index contributed by atoms with van der Waals surface area (Å²) in [4.78, 5) is 29.7. The summed E-state index contributed by atoms with van der Waals surface area (Å²) >= 11 is 0. The van der Waals surface area contributed by atoms with Gasteiger partial charge in [-0.2, -0.15) is 0 Å². The van der Waals surface area contributed by atoms with Crippen molar-refractivity contribution in [1.29, 1.82) is 0 Å². The molecule has 2 atom stereocenters. The Labute approximate surface area is 110 Å².